The maximum absolute atomic E-state index is 5.91. The number of ether oxygens (including phenoxy) is 1. The maximum atomic E-state index is 5.91. The zero-order valence-electron chi connectivity index (χ0n) is 15.8. The van der Waals surface area contributed by atoms with Crippen LogP contribution < -0.4 is 5.32 Å². The number of nitrogens with zero attached hydrogens (tertiary/aromatic N) is 2. The molecular weight excluding hydrogens is 445 g/mol. The topological polar surface area (TPSA) is 36.9 Å². The summed E-state index contributed by atoms with van der Waals surface area (Å²) in [5.74, 6) is 1.60. The Balaban J connectivity index is 0.00000312. The summed E-state index contributed by atoms with van der Waals surface area (Å²) in [6.45, 7) is 9.02. The molecule has 1 saturated heterocycles. The number of likely N-dealkylation sites (tertiary alicyclic amines) is 1. The van der Waals surface area contributed by atoms with Gasteiger partial charge in [0.15, 0.2) is 5.96 Å². The first-order valence-electron chi connectivity index (χ1n) is 8.66. The predicted octanol–water partition coefficient (Wildman–Crippen LogP) is 3.86. The van der Waals surface area contributed by atoms with Gasteiger partial charge in [0.05, 0.1) is 13.2 Å². The van der Waals surface area contributed by atoms with E-state index in [1.807, 2.05) is 24.9 Å². The number of hydrogen-bond donors (Lipinski definition) is 1. The molecule has 0 spiro atoms. The van der Waals surface area contributed by atoms with Gasteiger partial charge in [0.1, 0.15) is 0 Å². The second-order valence-electron chi connectivity index (χ2n) is 6.97. The molecule has 1 unspecified atom stereocenters. The number of nitrogens with one attached hydrogen (secondary N) is 1. The van der Waals surface area contributed by atoms with Crippen LogP contribution in [-0.4, -0.2) is 55.2 Å². The third-order valence-corrected chi connectivity index (χ3v) is 5.74. The molecule has 1 fully saturated rings. The zero-order chi connectivity index (χ0) is 17.4. The Bertz CT molecular complexity index is 525. The van der Waals surface area contributed by atoms with Crippen LogP contribution in [-0.2, 0) is 11.3 Å². The van der Waals surface area contributed by atoms with Gasteiger partial charge in [-0.1, -0.05) is 30.3 Å². The maximum Gasteiger partial charge on any atom is 0.193 e. The van der Waals surface area contributed by atoms with Gasteiger partial charge in [-0.3, -0.25) is 4.99 Å². The number of guanidine groups is 1. The van der Waals surface area contributed by atoms with Crippen molar-refractivity contribution >= 4 is 41.7 Å². The van der Waals surface area contributed by atoms with Gasteiger partial charge in [-0.15, -0.1) is 24.0 Å². The Morgan fingerprint density at radius 2 is 2.08 bits per heavy atom. The van der Waals surface area contributed by atoms with Gasteiger partial charge in [-0.25, -0.2) is 0 Å². The fourth-order valence-electron chi connectivity index (χ4n) is 2.78. The monoisotopic (exact) mass is 477 g/mol. The summed E-state index contributed by atoms with van der Waals surface area (Å²) in [5.41, 5.74) is 1.24. The van der Waals surface area contributed by atoms with Crippen LogP contribution in [0.3, 0.4) is 0 Å². The first-order chi connectivity index (χ1) is 11.5. The Labute approximate surface area is 174 Å². The second-order valence-corrected chi connectivity index (χ2v) is 8.48. The first-order valence-corrected chi connectivity index (χ1v) is 9.89. The van der Waals surface area contributed by atoms with E-state index in [1.165, 1.54) is 12.0 Å². The highest BCUT2D eigenvalue weighted by atomic mass is 127. The van der Waals surface area contributed by atoms with E-state index in [1.54, 1.807) is 0 Å². The molecule has 0 amide bonds. The summed E-state index contributed by atoms with van der Waals surface area (Å²) in [6, 6.07) is 10.4. The van der Waals surface area contributed by atoms with E-state index < -0.39 is 0 Å². The first kappa shape index (κ1) is 22.6. The molecule has 0 bridgehead atoms. The number of thioether (sulfide) groups is 1. The molecule has 0 saturated carbocycles. The van der Waals surface area contributed by atoms with Crippen LogP contribution >= 0.6 is 35.7 Å². The van der Waals surface area contributed by atoms with Crippen LogP contribution in [0.15, 0.2) is 35.3 Å². The summed E-state index contributed by atoms with van der Waals surface area (Å²) >= 11 is 1.88. The average molecular weight is 477 g/mol. The van der Waals surface area contributed by atoms with E-state index in [2.05, 4.69) is 59.6 Å². The second kappa shape index (κ2) is 11.3. The molecule has 1 aliphatic rings. The smallest absolute Gasteiger partial charge is 0.193 e. The highest BCUT2D eigenvalue weighted by Crippen LogP contribution is 2.21. The number of aliphatic imine (C=N–C) groups is 1. The molecule has 1 aromatic rings. The number of rotatable bonds is 7. The third kappa shape index (κ3) is 7.74. The lowest BCUT2D eigenvalue weighted by Gasteiger charge is -2.27. The summed E-state index contributed by atoms with van der Waals surface area (Å²) in [4.78, 5) is 6.81. The van der Waals surface area contributed by atoms with Crippen LogP contribution in [0, 0.1) is 5.92 Å². The predicted molar refractivity (Wildman–Crippen MR) is 120 cm³/mol. The van der Waals surface area contributed by atoms with Crippen molar-refractivity contribution in [2.45, 2.75) is 31.6 Å². The molecule has 0 aromatic heterocycles. The molecule has 0 aliphatic carbocycles. The number of halogens is 1. The number of hydrogen-bond acceptors (Lipinski definition) is 3. The molecule has 1 heterocycles. The Kier molecular flexibility index (Phi) is 10.2. The summed E-state index contributed by atoms with van der Waals surface area (Å²) < 4.78 is 6.12. The molecule has 0 radical (unpaired) electrons. The highest BCUT2D eigenvalue weighted by molar-refractivity contribution is 14.0. The van der Waals surface area contributed by atoms with Gasteiger partial charge in [0, 0.05) is 37.3 Å². The largest absolute Gasteiger partial charge is 0.376 e. The molecule has 1 atom stereocenters. The van der Waals surface area contributed by atoms with Gasteiger partial charge in [0.2, 0.25) is 0 Å². The van der Waals surface area contributed by atoms with E-state index in [9.17, 15) is 0 Å². The zero-order valence-corrected chi connectivity index (χ0v) is 19.0. The quantitative estimate of drug-likeness (QED) is 0.368. The molecule has 142 valence electrons. The van der Waals surface area contributed by atoms with Crippen molar-refractivity contribution in [2.75, 3.05) is 39.5 Å². The molecule has 6 heteroatoms. The van der Waals surface area contributed by atoms with E-state index in [0.29, 0.717) is 12.5 Å². The molecule has 4 nitrogen and oxygen atoms in total. The molecular formula is C19H32IN3OS. The van der Waals surface area contributed by atoms with Crippen molar-refractivity contribution in [2.24, 2.45) is 10.9 Å². The Morgan fingerprint density at radius 1 is 1.36 bits per heavy atom. The summed E-state index contributed by atoms with van der Waals surface area (Å²) in [5, 5.41) is 3.52. The minimum Gasteiger partial charge on any atom is -0.376 e. The lowest BCUT2D eigenvalue weighted by Crippen LogP contribution is -2.45. The van der Waals surface area contributed by atoms with Crippen molar-refractivity contribution in [1.82, 2.24) is 10.2 Å². The molecule has 25 heavy (non-hydrogen) atoms. The molecule has 1 N–H and O–H groups in total. The van der Waals surface area contributed by atoms with Gasteiger partial charge < -0.3 is 15.0 Å². The van der Waals surface area contributed by atoms with E-state index in [0.717, 1.165) is 32.2 Å². The fourth-order valence-corrected chi connectivity index (χ4v) is 2.99. The van der Waals surface area contributed by atoms with Crippen molar-refractivity contribution in [3.63, 3.8) is 0 Å². The van der Waals surface area contributed by atoms with Crippen LogP contribution in [0.4, 0.5) is 0 Å². The van der Waals surface area contributed by atoms with E-state index >= 15 is 0 Å². The van der Waals surface area contributed by atoms with E-state index in [4.69, 9.17) is 4.74 Å². The number of benzene rings is 1. The Hall–Kier alpha value is -0.470. The molecule has 2 rings (SSSR count). The van der Waals surface area contributed by atoms with Crippen LogP contribution in [0.25, 0.3) is 0 Å². The third-order valence-electron chi connectivity index (χ3n) is 4.49. The minimum absolute atomic E-state index is 0. The van der Waals surface area contributed by atoms with Crippen LogP contribution in [0.2, 0.25) is 0 Å². The standard InChI is InChI=1S/C19H31N3OS.HI/c1-19(2,24-4)15-21-18(20-3)22-11-10-17(12-22)14-23-13-16-8-6-5-7-9-16;/h5-9,17H,10-15H2,1-4H3,(H,20,21);1H. The summed E-state index contributed by atoms with van der Waals surface area (Å²) in [7, 11) is 1.87. The fraction of sp³-hybridized carbons (Fsp3) is 0.632. The van der Waals surface area contributed by atoms with E-state index in [-0.39, 0.29) is 28.7 Å². The Morgan fingerprint density at radius 3 is 2.72 bits per heavy atom. The van der Waals surface area contributed by atoms with Crippen molar-refractivity contribution in [1.29, 1.82) is 0 Å². The SMILES string of the molecule is CN=C(NCC(C)(C)SC)N1CCC(COCc2ccccc2)C1.I. The molecule has 1 aliphatic heterocycles. The average Bonchev–Trinajstić information content (AvgIpc) is 3.05. The van der Waals surface area contributed by atoms with Crippen LogP contribution in [0.1, 0.15) is 25.8 Å². The highest BCUT2D eigenvalue weighted by Gasteiger charge is 2.26. The van der Waals surface area contributed by atoms with Crippen molar-refractivity contribution in [3.05, 3.63) is 35.9 Å². The van der Waals surface area contributed by atoms with Gasteiger partial charge in [0.25, 0.3) is 0 Å². The van der Waals surface area contributed by atoms with Gasteiger partial charge >= 0.3 is 0 Å². The van der Waals surface area contributed by atoms with Crippen LogP contribution in [0.5, 0.6) is 0 Å². The lowest BCUT2D eigenvalue weighted by molar-refractivity contribution is 0.0906. The molecule has 1 aromatic carbocycles. The lowest BCUT2D eigenvalue weighted by atomic mass is 10.1. The van der Waals surface area contributed by atoms with Gasteiger partial charge in [-0.05, 0) is 32.1 Å². The van der Waals surface area contributed by atoms with Crippen molar-refractivity contribution < 1.29 is 4.74 Å². The normalized spacial score (nSPS) is 18.2. The minimum atomic E-state index is 0. The van der Waals surface area contributed by atoms with Gasteiger partial charge in [-0.2, -0.15) is 11.8 Å². The summed E-state index contributed by atoms with van der Waals surface area (Å²) in [6.07, 6.45) is 3.32. The van der Waals surface area contributed by atoms with Crippen molar-refractivity contribution in [3.8, 4) is 0 Å².